The van der Waals surface area contributed by atoms with Crippen LogP contribution in [0.15, 0.2) is 65.1 Å². The number of nitrogens with one attached hydrogen (secondary N) is 1. The maximum atomic E-state index is 12.5. The second kappa shape index (κ2) is 6.61. The Hall–Kier alpha value is -3.45. The first-order valence-electron chi connectivity index (χ1n) is 8.83. The molecule has 5 aromatic rings. The summed E-state index contributed by atoms with van der Waals surface area (Å²) < 4.78 is 8.81. The Kier molecular flexibility index (Phi) is 3.95. The molecule has 0 saturated carbocycles. The number of aryl methyl sites for hydroxylation is 1. The van der Waals surface area contributed by atoms with Gasteiger partial charge in [0.25, 0.3) is 5.91 Å². The number of hydrogen-bond donors (Lipinski definition) is 1. The van der Waals surface area contributed by atoms with Gasteiger partial charge in [0.15, 0.2) is 16.5 Å². The molecule has 138 valence electrons. The summed E-state index contributed by atoms with van der Waals surface area (Å²) in [5.41, 5.74) is 2.86. The van der Waals surface area contributed by atoms with Crippen molar-refractivity contribution in [3.63, 3.8) is 0 Å². The monoisotopic (exact) mass is 388 g/mol. The molecule has 1 N–H and O–H groups in total. The van der Waals surface area contributed by atoms with Gasteiger partial charge in [-0.15, -0.1) is 11.3 Å². The first-order chi connectivity index (χ1) is 13.7. The van der Waals surface area contributed by atoms with Gasteiger partial charge in [-0.2, -0.15) is 0 Å². The molecule has 5 rings (SSSR count). The summed E-state index contributed by atoms with van der Waals surface area (Å²) in [6, 6.07) is 19.2. The maximum Gasteiger partial charge on any atom is 0.287 e. The second-order valence-electron chi connectivity index (χ2n) is 6.41. The van der Waals surface area contributed by atoms with Crippen molar-refractivity contribution in [1.82, 2.24) is 19.9 Å². The van der Waals surface area contributed by atoms with Gasteiger partial charge in [-0.3, -0.25) is 4.79 Å². The van der Waals surface area contributed by atoms with Crippen molar-refractivity contribution >= 4 is 38.5 Å². The molecule has 0 fully saturated rings. The first kappa shape index (κ1) is 16.7. The van der Waals surface area contributed by atoms with E-state index in [4.69, 9.17) is 4.42 Å². The Balaban J connectivity index is 1.34. The van der Waals surface area contributed by atoms with Crippen LogP contribution >= 0.6 is 11.3 Å². The van der Waals surface area contributed by atoms with E-state index in [0.29, 0.717) is 12.3 Å². The van der Waals surface area contributed by atoms with Crippen LogP contribution in [-0.2, 0) is 13.6 Å². The molecular weight excluding hydrogens is 372 g/mol. The summed E-state index contributed by atoms with van der Waals surface area (Å²) in [6.45, 7) is 0.321. The van der Waals surface area contributed by atoms with Gasteiger partial charge in [-0.25, -0.2) is 9.97 Å². The summed E-state index contributed by atoms with van der Waals surface area (Å²) in [4.78, 5) is 21.6. The van der Waals surface area contributed by atoms with E-state index in [1.165, 1.54) is 0 Å². The van der Waals surface area contributed by atoms with E-state index in [1.54, 1.807) is 23.5 Å². The van der Waals surface area contributed by atoms with Crippen LogP contribution in [0.2, 0.25) is 0 Å². The first-order valence-corrected chi connectivity index (χ1v) is 9.65. The quantitative estimate of drug-likeness (QED) is 0.496. The molecule has 0 bridgehead atoms. The van der Waals surface area contributed by atoms with Crippen LogP contribution in [-0.4, -0.2) is 20.4 Å². The highest BCUT2D eigenvalue weighted by Crippen LogP contribution is 2.31. The molecule has 0 saturated heterocycles. The Morgan fingerprint density at radius 2 is 1.82 bits per heavy atom. The summed E-state index contributed by atoms with van der Waals surface area (Å²) in [7, 11) is 1.94. The molecule has 2 aromatic carbocycles. The maximum absolute atomic E-state index is 12.5. The van der Waals surface area contributed by atoms with Gasteiger partial charge in [0, 0.05) is 7.05 Å². The minimum absolute atomic E-state index is 0.257. The largest absolute Gasteiger partial charge is 0.448 e. The van der Waals surface area contributed by atoms with Crippen molar-refractivity contribution in [3.05, 3.63) is 72.2 Å². The van der Waals surface area contributed by atoms with Crippen molar-refractivity contribution in [2.24, 2.45) is 7.05 Å². The number of fused-ring (bicyclic) bond motifs is 2. The number of furan rings is 1. The summed E-state index contributed by atoms with van der Waals surface area (Å²) in [6.07, 6.45) is 0. The zero-order valence-electron chi connectivity index (χ0n) is 15.0. The zero-order chi connectivity index (χ0) is 19.1. The molecule has 3 heterocycles. The number of hydrogen-bond acceptors (Lipinski definition) is 5. The predicted molar refractivity (Wildman–Crippen MR) is 109 cm³/mol. The lowest BCUT2D eigenvalue weighted by atomic mass is 10.3. The third-order valence-electron chi connectivity index (χ3n) is 4.62. The number of amides is 1. The molecule has 0 aliphatic carbocycles. The van der Waals surface area contributed by atoms with Crippen LogP contribution in [0.4, 0.5) is 0 Å². The molecule has 0 atom stereocenters. The lowest BCUT2D eigenvalue weighted by molar-refractivity contribution is 0.0922. The average molecular weight is 388 g/mol. The second-order valence-corrected chi connectivity index (χ2v) is 7.44. The topological polar surface area (TPSA) is 73.0 Å². The molecule has 0 spiro atoms. The standard InChI is InChI=1S/C21H16N4O2S/c1-25-15-8-4-2-6-13(15)23-19(25)12-22-20(26)16-10-11-17(27-16)21-24-14-7-3-5-9-18(14)28-21/h2-11H,12H2,1H3,(H,22,26). The number of carbonyl (C=O) groups excluding carboxylic acids is 1. The van der Waals surface area contributed by atoms with Gasteiger partial charge in [0.2, 0.25) is 0 Å². The fourth-order valence-corrected chi connectivity index (χ4v) is 4.08. The average Bonchev–Trinajstić information content (AvgIpc) is 3.43. The fraction of sp³-hybridized carbons (Fsp3) is 0.0952. The van der Waals surface area contributed by atoms with E-state index >= 15 is 0 Å². The van der Waals surface area contributed by atoms with Gasteiger partial charge in [-0.1, -0.05) is 24.3 Å². The van der Waals surface area contributed by atoms with Crippen LogP contribution in [0.3, 0.4) is 0 Å². The number of nitrogens with zero attached hydrogens (tertiary/aromatic N) is 3. The highest BCUT2D eigenvalue weighted by atomic mass is 32.1. The van der Waals surface area contributed by atoms with E-state index in [1.807, 2.05) is 60.1 Å². The Bertz CT molecular complexity index is 1280. The Morgan fingerprint density at radius 1 is 1.04 bits per heavy atom. The fourth-order valence-electron chi connectivity index (χ4n) is 3.15. The van der Waals surface area contributed by atoms with Crippen molar-refractivity contribution in [2.75, 3.05) is 0 Å². The number of para-hydroxylation sites is 3. The molecule has 28 heavy (non-hydrogen) atoms. The van der Waals surface area contributed by atoms with Crippen molar-refractivity contribution in [1.29, 1.82) is 0 Å². The minimum Gasteiger partial charge on any atom is -0.448 e. The smallest absolute Gasteiger partial charge is 0.287 e. The van der Waals surface area contributed by atoms with Crippen molar-refractivity contribution in [2.45, 2.75) is 6.54 Å². The number of imidazole rings is 1. The van der Waals surface area contributed by atoms with Crippen molar-refractivity contribution < 1.29 is 9.21 Å². The molecule has 6 nitrogen and oxygen atoms in total. The molecule has 3 aromatic heterocycles. The van der Waals surface area contributed by atoms with E-state index < -0.39 is 0 Å². The van der Waals surface area contributed by atoms with Gasteiger partial charge < -0.3 is 14.3 Å². The van der Waals surface area contributed by atoms with Gasteiger partial charge in [0.1, 0.15) is 5.82 Å². The number of carbonyl (C=O) groups is 1. The molecule has 1 amide bonds. The van der Waals surface area contributed by atoms with E-state index in [2.05, 4.69) is 15.3 Å². The number of benzene rings is 2. The number of thiazole rings is 1. The molecule has 0 aliphatic heterocycles. The van der Waals surface area contributed by atoms with Crippen LogP contribution in [0, 0.1) is 0 Å². The third kappa shape index (κ3) is 2.86. The number of aromatic nitrogens is 3. The zero-order valence-corrected chi connectivity index (χ0v) is 15.9. The Labute approximate surface area is 164 Å². The number of rotatable bonds is 4. The summed E-state index contributed by atoms with van der Waals surface area (Å²) in [5, 5.41) is 3.64. The minimum atomic E-state index is -0.278. The highest BCUT2D eigenvalue weighted by molar-refractivity contribution is 7.21. The van der Waals surface area contributed by atoms with Crippen LogP contribution in [0.5, 0.6) is 0 Å². The molecule has 0 radical (unpaired) electrons. The van der Waals surface area contributed by atoms with Gasteiger partial charge >= 0.3 is 0 Å². The van der Waals surface area contributed by atoms with E-state index in [0.717, 1.165) is 32.1 Å². The normalized spacial score (nSPS) is 11.3. The molecule has 7 heteroatoms. The van der Waals surface area contributed by atoms with Crippen LogP contribution in [0.25, 0.3) is 32.0 Å². The van der Waals surface area contributed by atoms with Crippen LogP contribution < -0.4 is 5.32 Å². The molecule has 0 aliphatic rings. The summed E-state index contributed by atoms with van der Waals surface area (Å²) >= 11 is 1.54. The molecule has 0 unspecified atom stereocenters. The SMILES string of the molecule is Cn1c(CNC(=O)c2ccc(-c3nc4ccccc4s3)o2)nc2ccccc21. The lowest BCUT2D eigenvalue weighted by Gasteiger charge is -2.04. The lowest BCUT2D eigenvalue weighted by Crippen LogP contribution is -2.23. The third-order valence-corrected chi connectivity index (χ3v) is 5.67. The van der Waals surface area contributed by atoms with Crippen molar-refractivity contribution in [3.8, 4) is 10.8 Å². The van der Waals surface area contributed by atoms with E-state index in [9.17, 15) is 4.79 Å². The summed E-state index contributed by atoms with van der Waals surface area (Å²) in [5.74, 6) is 1.36. The van der Waals surface area contributed by atoms with E-state index in [-0.39, 0.29) is 11.7 Å². The Morgan fingerprint density at radius 3 is 2.64 bits per heavy atom. The predicted octanol–water partition coefficient (Wildman–Crippen LogP) is 4.37. The van der Waals surface area contributed by atoms with Gasteiger partial charge in [-0.05, 0) is 36.4 Å². The highest BCUT2D eigenvalue weighted by Gasteiger charge is 2.16. The van der Waals surface area contributed by atoms with Gasteiger partial charge in [0.05, 0.1) is 27.8 Å². The molecular formula is C21H16N4O2S. The van der Waals surface area contributed by atoms with Crippen LogP contribution in [0.1, 0.15) is 16.4 Å².